The Morgan fingerprint density at radius 2 is 1.97 bits per heavy atom. The number of aryl methyl sites for hydroxylation is 1. The van der Waals surface area contributed by atoms with Gasteiger partial charge in [0.25, 0.3) is 5.91 Å². The van der Waals surface area contributed by atoms with Crippen LogP contribution in [0.1, 0.15) is 47.2 Å². The minimum atomic E-state index is -0.661. The lowest BCUT2D eigenvalue weighted by molar-refractivity contribution is 0.102. The van der Waals surface area contributed by atoms with Crippen molar-refractivity contribution in [3.8, 4) is 5.75 Å². The van der Waals surface area contributed by atoms with E-state index in [1.54, 1.807) is 6.07 Å². The highest BCUT2D eigenvalue weighted by Crippen LogP contribution is 2.30. The predicted molar refractivity (Wildman–Crippen MR) is 137 cm³/mol. The van der Waals surface area contributed by atoms with Crippen LogP contribution >= 0.6 is 0 Å². The zero-order valence-corrected chi connectivity index (χ0v) is 20.6. The first-order valence-corrected chi connectivity index (χ1v) is 13.7. The molecular weight excluding hydrogens is 465 g/mol. The van der Waals surface area contributed by atoms with E-state index in [9.17, 15) is 13.7 Å². The van der Waals surface area contributed by atoms with Gasteiger partial charge in [-0.2, -0.15) is 0 Å². The smallest absolute Gasteiger partial charge is 0.258 e. The second-order valence-corrected chi connectivity index (χ2v) is 11.2. The molecule has 2 fully saturated rings. The van der Waals surface area contributed by atoms with Crippen LogP contribution in [0.2, 0.25) is 0 Å². The molecule has 2 aliphatic rings. The zero-order valence-electron chi connectivity index (χ0n) is 19.8. The summed E-state index contributed by atoms with van der Waals surface area (Å²) in [6.45, 7) is 3.20. The van der Waals surface area contributed by atoms with Crippen molar-refractivity contribution in [1.82, 2.24) is 10.3 Å². The fraction of sp³-hybridized carbons (Fsp3) is 0.407. The molecule has 1 aliphatic carbocycles. The molecule has 1 amide bonds. The van der Waals surface area contributed by atoms with Crippen LogP contribution in [-0.4, -0.2) is 39.6 Å². The van der Waals surface area contributed by atoms with E-state index in [0.717, 1.165) is 59.2 Å². The Kier molecular flexibility index (Phi) is 7.22. The number of benzene rings is 2. The van der Waals surface area contributed by atoms with Crippen molar-refractivity contribution < 1.29 is 18.5 Å². The molecule has 3 aromatic rings. The maximum Gasteiger partial charge on any atom is 0.258 e. The number of hydrogen-bond donors (Lipinski definition) is 2. The number of pyridine rings is 1. The van der Waals surface area contributed by atoms with Gasteiger partial charge in [0.2, 0.25) is 0 Å². The van der Waals surface area contributed by atoms with E-state index in [1.165, 1.54) is 12.1 Å². The first kappa shape index (κ1) is 24.0. The first-order chi connectivity index (χ1) is 17.0. The summed E-state index contributed by atoms with van der Waals surface area (Å²) in [6, 6.07) is 10.6. The first-order valence-electron chi connectivity index (χ1n) is 12.2. The molecule has 8 heteroatoms. The monoisotopic (exact) mass is 495 g/mol. The molecular formula is C27H30FN3O3S. The Labute approximate surface area is 207 Å². The summed E-state index contributed by atoms with van der Waals surface area (Å²) in [5.41, 5.74) is 3.28. The lowest BCUT2D eigenvalue weighted by Crippen LogP contribution is -2.37. The number of anilines is 1. The van der Waals surface area contributed by atoms with E-state index in [2.05, 4.69) is 21.7 Å². The van der Waals surface area contributed by atoms with Crippen molar-refractivity contribution in [2.75, 3.05) is 23.4 Å². The van der Waals surface area contributed by atoms with Gasteiger partial charge >= 0.3 is 0 Å². The standard InChI is InChI=1S/C27H30FN3O3S/c1-17-25(31-27(32)23-6-5-22(13-24(23)28)34-16-18-2-3-18)7-4-20-12-19(15-30-26(17)20)14-29-21-8-10-35(33)11-9-21/h4-7,12-13,15,18,21,29H,2-3,8-11,14,16H2,1H3,(H,31,32)/t21-,35+. The van der Waals surface area contributed by atoms with E-state index in [-0.39, 0.29) is 5.56 Å². The van der Waals surface area contributed by atoms with Gasteiger partial charge in [-0.1, -0.05) is 17.2 Å². The molecule has 0 spiro atoms. The second kappa shape index (κ2) is 10.5. The van der Waals surface area contributed by atoms with Crippen molar-refractivity contribution in [3.63, 3.8) is 0 Å². The van der Waals surface area contributed by atoms with Crippen LogP contribution in [0.5, 0.6) is 5.75 Å². The van der Waals surface area contributed by atoms with E-state index >= 15 is 0 Å². The Bertz CT molecular complexity index is 1230. The number of ether oxygens (including phenoxy) is 1. The lowest BCUT2D eigenvalue weighted by atomic mass is 10.1. The average Bonchev–Trinajstić information content (AvgIpc) is 3.69. The number of aromatic nitrogens is 1. The molecule has 1 saturated carbocycles. The molecule has 1 saturated heterocycles. The van der Waals surface area contributed by atoms with Crippen LogP contribution in [0.4, 0.5) is 10.1 Å². The number of halogens is 1. The Morgan fingerprint density at radius 3 is 2.71 bits per heavy atom. The van der Waals surface area contributed by atoms with Crippen molar-refractivity contribution in [2.45, 2.75) is 45.2 Å². The van der Waals surface area contributed by atoms with Gasteiger partial charge < -0.3 is 19.9 Å². The molecule has 0 atom stereocenters. The number of fused-ring (bicyclic) bond motifs is 1. The van der Waals surface area contributed by atoms with E-state index in [0.29, 0.717) is 36.5 Å². The summed E-state index contributed by atoms with van der Waals surface area (Å²) < 4.78 is 31.7. The van der Waals surface area contributed by atoms with Crippen molar-refractivity contribution >= 4 is 33.7 Å². The molecule has 6 nitrogen and oxygen atoms in total. The van der Waals surface area contributed by atoms with Crippen LogP contribution in [0, 0.1) is 18.7 Å². The molecule has 1 aromatic heterocycles. The quantitative estimate of drug-likeness (QED) is 0.442. The molecule has 35 heavy (non-hydrogen) atoms. The largest absolute Gasteiger partial charge is 0.616 e. The van der Waals surface area contributed by atoms with Crippen LogP contribution in [0.3, 0.4) is 0 Å². The maximum absolute atomic E-state index is 14.6. The van der Waals surface area contributed by atoms with Gasteiger partial charge in [0, 0.05) is 48.8 Å². The van der Waals surface area contributed by atoms with Crippen molar-refractivity contribution in [1.29, 1.82) is 0 Å². The number of carbonyl (C=O) groups excluding carboxylic acids is 1. The fourth-order valence-electron chi connectivity index (χ4n) is 4.34. The Morgan fingerprint density at radius 1 is 1.17 bits per heavy atom. The van der Waals surface area contributed by atoms with Gasteiger partial charge in [-0.15, -0.1) is 0 Å². The summed E-state index contributed by atoms with van der Waals surface area (Å²) in [6.07, 6.45) is 6.03. The second-order valence-electron chi connectivity index (χ2n) is 9.51. The molecule has 0 unspecified atom stereocenters. The molecule has 1 aliphatic heterocycles. The molecule has 0 bridgehead atoms. The van der Waals surface area contributed by atoms with Crippen LogP contribution < -0.4 is 15.4 Å². The van der Waals surface area contributed by atoms with Crippen molar-refractivity contribution in [3.05, 3.63) is 65.1 Å². The Balaban J connectivity index is 1.24. The zero-order chi connectivity index (χ0) is 24.4. The normalized spacial score (nSPS) is 20.1. The summed E-state index contributed by atoms with van der Waals surface area (Å²) in [4.78, 5) is 17.4. The summed E-state index contributed by atoms with van der Waals surface area (Å²) in [7, 11) is 0. The highest BCUT2D eigenvalue weighted by molar-refractivity contribution is 7.91. The molecule has 2 N–H and O–H groups in total. The Hall–Kier alpha value is -2.68. The molecule has 0 radical (unpaired) electrons. The van der Waals surface area contributed by atoms with Crippen LogP contribution in [-0.2, 0) is 17.7 Å². The van der Waals surface area contributed by atoms with Crippen molar-refractivity contribution in [2.24, 2.45) is 5.92 Å². The number of rotatable bonds is 8. The van der Waals surface area contributed by atoms with Gasteiger partial charge in [0.1, 0.15) is 23.1 Å². The molecule has 2 aromatic carbocycles. The molecule has 184 valence electrons. The average molecular weight is 496 g/mol. The number of amides is 1. The maximum atomic E-state index is 14.6. The number of nitrogens with zero attached hydrogens (tertiary/aromatic N) is 1. The third-order valence-electron chi connectivity index (χ3n) is 6.76. The minimum Gasteiger partial charge on any atom is -0.616 e. The summed E-state index contributed by atoms with van der Waals surface area (Å²) in [5.74, 6) is 1.44. The third kappa shape index (κ3) is 5.94. The van der Waals surface area contributed by atoms with Crippen LogP contribution in [0.25, 0.3) is 10.9 Å². The molecule has 2 heterocycles. The number of carbonyl (C=O) groups is 1. The highest BCUT2D eigenvalue weighted by atomic mass is 32.2. The predicted octanol–water partition coefficient (Wildman–Crippen LogP) is 4.72. The van der Waals surface area contributed by atoms with E-state index in [1.807, 2.05) is 25.3 Å². The van der Waals surface area contributed by atoms with Gasteiger partial charge in [0.05, 0.1) is 17.7 Å². The van der Waals surface area contributed by atoms with E-state index < -0.39 is 22.9 Å². The number of hydrogen-bond acceptors (Lipinski definition) is 5. The minimum absolute atomic E-state index is 0.0239. The van der Waals surface area contributed by atoms with Gasteiger partial charge in [-0.25, -0.2) is 4.39 Å². The summed E-state index contributed by atoms with van der Waals surface area (Å²) >= 11 is -0.661. The molecule has 5 rings (SSSR count). The van der Waals surface area contributed by atoms with Crippen LogP contribution in [0.15, 0.2) is 42.6 Å². The fourth-order valence-corrected chi connectivity index (χ4v) is 5.64. The van der Waals surface area contributed by atoms with Gasteiger partial charge in [-0.05, 0) is 61.1 Å². The SMILES string of the molecule is Cc1c(NC(=O)c2ccc(OCC3CC3)cc2F)ccc2cc(CN[C@H]3CC[S@@+]([O-])CC3)cnc12. The highest BCUT2D eigenvalue weighted by Gasteiger charge is 2.23. The third-order valence-corrected chi connectivity index (χ3v) is 8.14. The van der Waals surface area contributed by atoms with E-state index in [4.69, 9.17) is 4.74 Å². The van der Waals surface area contributed by atoms with Gasteiger partial charge in [0.15, 0.2) is 0 Å². The lowest BCUT2D eigenvalue weighted by Gasteiger charge is -2.25. The van der Waals surface area contributed by atoms with Gasteiger partial charge in [-0.3, -0.25) is 9.78 Å². The summed E-state index contributed by atoms with van der Waals surface area (Å²) in [5, 5.41) is 7.35. The topological polar surface area (TPSA) is 86.3 Å². The number of nitrogens with one attached hydrogen (secondary N) is 2.